The fourth-order valence-electron chi connectivity index (χ4n) is 2.21. The van der Waals surface area contributed by atoms with Gasteiger partial charge in [-0.05, 0) is 18.1 Å². The van der Waals surface area contributed by atoms with Crippen molar-refractivity contribution >= 4 is 36.4 Å². The number of carbonyl (C=O) groups excluding carboxylic acids is 1. The monoisotopic (exact) mass is 319 g/mol. The first-order valence-electron chi connectivity index (χ1n) is 6.60. The lowest BCUT2D eigenvalue weighted by atomic mass is 10.1. The van der Waals surface area contributed by atoms with Gasteiger partial charge in [0, 0.05) is 31.9 Å². The van der Waals surface area contributed by atoms with Gasteiger partial charge in [0.05, 0.1) is 6.54 Å². The standard InChI is InChI=1S/C14H21N3O.2ClH/c1-2-12-5-3-4-6-13(12)16-14(18)11-17-9-7-15-8-10-17;;/h3-6,15H,2,7-11H2,1H3,(H,16,18);2*1H. The van der Waals surface area contributed by atoms with Crippen molar-refractivity contribution in [3.05, 3.63) is 29.8 Å². The molecule has 20 heavy (non-hydrogen) atoms. The fraction of sp³-hybridized carbons (Fsp3) is 0.500. The average molecular weight is 320 g/mol. The molecule has 1 saturated heterocycles. The number of carbonyl (C=O) groups is 1. The van der Waals surface area contributed by atoms with Gasteiger partial charge in [0.2, 0.25) is 5.91 Å². The minimum Gasteiger partial charge on any atom is -0.325 e. The van der Waals surface area contributed by atoms with Crippen molar-refractivity contribution < 1.29 is 4.79 Å². The Bertz CT molecular complexity index is 409. The summed E-state index contributed by atoms with van der Waals surface area (Å²) < 4.78 is 0. The zero-order valence-electron chi connectivity index (χ0n) is 11.7. The third-order valence-corrected chi connectivity index (χ3v) is 3.25. The number of rotatable bonds is 4. The van der Waals surface area contributed by atoms with Gasteiger partial charge in [-0.3, -0.25) is 9.69 Å². The van der Waals surface area contributed by atoms with Crippen LogP contribution in [0.1, 0.15) is 12.5 Å². The van der Waals surface area contributed by atoms with E-state index in [9.17, 15) is 4.79 Å². The van der Waals surface area contributed by atoms with E-state index in [0.717, 1.165) is 38.3 Å². The molecule has 1 heterocycles. The molecule has 1 aromatic rings. The summed E-state index contributed by atoms with van der Waals surface area (Å²) in [6.07, 6.45) is 0.935. The topological polar surface area (TPSA) is 44.4 Å². The molecule has 114 valence electrons. The molecule has 2 N–H and O–H groups in total. The predicted molar refractivity (Wildman–Crippen MR) is 88.3 cm³/mol. The molecule has 0 atom stereocenters. The summed E-state index contributed by atoms with van der Waals surface area (Å²) in [5.41, 5.74) is 2.13. The number of benzene rings is 1. The molecule has 1 aliphatic heterocycles. The molecule has 1 aromatic carbocycles. The normalized spacial score (nSPS) is 14.8. The first kappa shape index (κ1) is 19.2. The lowest BCUT2D eigenvalue weighted by molar-refractivity contribution is -0.117. The van der Waals surface area contributed by atoms with Crippen LogP contribution in [0.5, 0.6) is 0 Å². The van der Waals surface area contributed by atoms with E-state index >= 15 is 0 Å². The second-order valence-electron chi connectivity index (χ2n) is 4.59. The molecule has 1 aliphatic rings. The number of aryl methyl sites for hydroxylation is 1. The Labute approximate surface area is 133 Å². The summed E-state index contributed by atoms with van der Waals surface area (Å²) >= 11 is 0. The van der Waals surface area contributed by atoms with Gasteiger partial charge in [-0.2, -0.15) is 0 Å². The van der Waals surface area contributed by atoms with Crippen molar-refractivity contribution in [1.29, 1.82) is 0 Å². The van der Waals surface area contributed by atoms with Gasteiger partial charge in [0.15, 0.2) is 0 Å². The predicted octanol–water partition coefficient (Wildman–Crippen LogP) is 1.94. The van der Waals surface area contributed by atoms with Crippen molar-refractivity contribution in [1.82, 2.24) is 10.2 Å². The van der Waals surface area contributed by atoms with Crippen LogP contribution < -0.4 is 10.6 Å². The number of para-hydroxylation sites is 1. The molecule has 1 fully saturated rings. The van der Waals surface area contributed by atoms with Gasteiger partial charge in [-0.25, -0.2) is 0 Å². The second-order valence-corrected chi connectivity index (χ2v) is 4.59. The van der Waals surface area contributed by atoms with Crippen LogP contribution in [-0.2, 0) is 11.2 Å². The van der Waals surface area contributed by atoms with Gasteiger partial charge in [-0.1, -0.05) is 25.1 Å². The van der Waals surface area contributed by atoms with Gasteiger partial charge in [0.25, 0.3) is 0 Å². The first-order chi connectivity index (χ1) is 8.79. The maximum atomic E-state index is 12.0. The van der Waals surface area contributed by atoms with Crippen LogP contribution in [0, 0.1) is 0 Å². The summed E-state index contributed by atoms with van der Waals surface area (Å²) in [4.78, 5) is 14.2. The van der Waals surface area contributed by atoms with Gasteiger partial charge in [0.1, 0.15) is 0 Å². The molecule has 0 radical (unpaired) electrons. The highest BCUT2D eigenvalue weighted by atomic mass is 35.5. The Morgan fingerprint density at radius 2 is 1.90 bits per heavy atom. The highest BCUT2D eigenvalue weighted by molar-refractivity contribution is 5.93. The Kier molecular flexibility index (Phi) is 9.59. The van der Waals surface area contributed by atoms with Crippen LogP contribution >= 0.6 is 24.8 Å². The molecule has 4 nitrogen and oxygen atoms in total. The fourth-order valence-corrected chi connectivity index (χ4v) is 2.21. The number of halogens is 2. The molecule has 0 aromatic heterocycles. The smallest absolute Gasteiger partial charge is 0.238 e. The number of hydrogen-bond acceptors (Lipinski definition) is 3. The van der Waals surface area contributed by atoms with Crippen LogP contribution in [0.15, 0.2) is 24.3 Å². The third kappa shape index (κ3) is 5.67. The molecule has 1 amide bonds. The lowest BCUT2D eigenvalue weighted by Gasteiger charge is -2.26. The molecular weight excluding hydrogens is 297 g/mol. The molecule has 0 unspecified atom stereocenters. The molecule has 0 bridgehead atoms. The van der Waals surface area contributed by atoms with Crippen molar-refractivity contribution in [2.75, 3.05) is 38.0 Å². The van der Waals surface area contributed by atoms with E-state index in [4.69, 9.17) is 0 Å². The van der Waals surface area contributed by atoms with E-state index in [-0.39, 0.29) is 30.7 Å². The van der Waals surface area contributed by atoms with Crippen molar-refractivity contribution in [2.45, 2.75) is 13.3 Å². The largest absolute Gasteiger partial charge is 0.325 e. The lowest BCUT2D eigenvalue weighted by Crippen LogP contribution is -2.46. The van der Waals surface area contributed by atoms with E-state index < -0.39 is 0 Å². The first-order valence-corrected chi connectivity index (χ1v) is 6.60. The molecule has 0 saturated carbocycles. The number of hydrogen-bond donors (Lipinski definition) is 2. The number of amides is 1. The Morgan fingerprint density at radius 3 is 2.55 bits per heavy atom. The summed E-state index contributed by atoms with van der Waals surface area (Å²) in [6.45, 7) is 6.42. The summed E-state index contributed by atoms with van der Waals surface area (Å²) in [6, 6.07) is 7.99. The van der Waals surface area contributed by atoms with E-state index in [1.54, 1.807) is 0 Å². The van der Waals surface area contributed by atoms with Crippen LogP contribution in [0.4, 0.5) is 5.69 Å². The number of nitrogens with one attached hydrogen (secondary N) is 2. The zero-order valence-corrected chi connectivity index (χ0v) is 13.4. The SMILES string of the molecule is CCc1ccccc1NC(=O)CN1CCNCC1.Cl.Cl. The van der Waals surface area contributed by atoms with E-state index in [2.05, 4.69) is 28.5 Å². The number of anilines is 1. The molecule has 0 spiro atoms. The summed E-state index contributed by atoms with van der Waals surface area (Å²) in [5, 5.41) is 6.29. The van der Waals surface area contributed by atoms with Crippen LogP contribution in [0.2, 0.25) is 0 Å². The van der Waals surface area contributed by atoms with Crippen molar-refractivity contribution in [3.63, 3.8) is 0 Å². The van der Waals surface area contributed by atoms with Crippen LogP contribution in [0.3, 0.4) is 0 Å². The number of nitrogens with zero attached hydrogens (tertiary/aromatic N) is 1. The molecule has 2 rings (SSSR count). The summed E-state index contributed by atoms with van der Waals surface area (Å²) in [7, 11) is 0. The molecular formula is C14H23Cl2N3O. The Hall–Kier alpha value is -0.810. The van der Waals surface area contributed by atoms with E-state index in [0.29, 0.717) is 6.54 Å². The van der Waals surface area contributed by atoms with E-state index in [1.165, 1.54) is 5.56 Å². The maximum absolute atomic E-state index is 12.0. The van der Waals surface area contributed by atoms with Gasteiger partial charge in [-0.15, -0.1) is 24.8 Å². The van der Waals surface area contributed by atoms with Crippen LogP contribution in [-0.4, -0.2) is 43.5 Å². The Morgan fingerprint density at radius 1 is 1.25 bits per heavy atom. The van der Waals surface area contributed by atoms with Gasteiger partial charge < -0.3 is 10.6 Å². The van der Waals surface area contributed by atoms with Crippen molar-refractivity contribution in [2.24, 2.45) is 0 Å². The minimum atomic E-state index is 0. The third-order valence-electron chi connectivity index (χ3n) is 3.25. The quantitative estimate of drug-likeness (QED) is 0.891. The van der Waals surface area contributed by atoms with Crippen LogP contribution in [0.25, 0.3) is 0 Å². The average Bonchev–Trinajstić information content (AvgIpc) is 2.40. The van der Waals surface area contributed by atoms with E-state index in [1.807, 2.05) is 18.2 Å². The highest BCUT2D eigenvalue weighted by Gasteiger charge is 2.13. The Balaban J connectivity index is 0.00000180. The second kappa shape index (κ2) is 10.00. The maximum Gasteiger partial charge on any atom is 0.238 e. The molecule has 0 aliphatic carbocycles. The zero-order chi connectivity index (χ0) is 12.8. The van der Waals surface area contributed by atoms with Crippen molar-refractivity contribution in [3.8, 4) is 0 Å². The molecule has 6 heteroatoms. The number of piperazine rings is 1. The van der Waals surface area contributed by atoms with Gasteiger partial charge >= 0.3 is 0 Å². The minimum absolute atomic E-state index is 0. The highest BCUT2D eigenvalue weighted by Crippen LogP contribution is 2.15. The summed E-state index contributed by atoms with van der Waals surface area (Å²) in [5.74, 6) is 0.0813.